The first-order chi connectivity index (χ1) is 8.06. The summed E-state index contributed by atoms with van der Waals surface area (Å²) in [6.07, 6.45) is 2.00. The Kier molecular flexibility index (Phi) is 4.96. The number of hydrogen-bond donors (Lipinski definition) is 1. The highest BCUT2D eigenvalue weighted by Crippen LogP contribution is 2.30. The maximum Gasteiger partial charge on any atom is 0.335 e. The molecule has 0 aliphatic rings. The Morgan fingerprint density at radius 2 is 2.24 bits per heavy atom. The van der Waals surface area contributed by atoms with Gasteiger partial charge in [-0.25, -0.2) is 4.79 Å². The zero-order valence-corrected chi connectivity index (χ0v) is 10.2. The molecule has 1 N–H and O–H groups in total. The van der Waals surface area contributed by atoms with Crippen LogP contribution < -0.4 is 0 Å². The molecule has 0 saturated carbocycles. The largest absolute Gasteiger partial charge is 0.478 e. The van der Waals surface area contributed by atoms with Crippen LogP contribution in [0.5, 0.6) is 0 Å². The number of nitrogens with zero attached hydrogens (tertiary/aromatic N) is 1. The zero-order chi connectivity index (χ0) is 12.8. The number of rotatable bonds is 6. The molecular formula is C11H13NO4S. The number of benzene rings is 1. The Balaban J connectivity index is 2.96. The summed E-state index contributed by atoms with van der Waals surface area (Å²) in [6.45, 7) is 2.04. The van der Waals surface area contributed by atoms with Gasteiger partial charge in [0.05, 0.1) is 15.4 Å². The number of carbonyl (C=O) groups is 1. The van der Waals surface area contributed by atoms with Crippen LogP contribution in [-0.4, -0.2) is 21.8 Å². The highest BCUT2D eigenvalue weighted by Gasteiger charge is 2.17. The molecule has 1 aromatic rings. The number of aromatic carboxylic acids is 1. The predicted molar refractivity (Wildman–Crippen MR) is 65.7 cm³/mol. The Labute approximate surface area is 103 Å². The van der Waals surface area contributed by atoms with Gasteiger partial charge in [-0.3, -0.25) is 10.1 Å². The fraction of sp³-hybridized carbons (Fsp3) is 0.364. The standard InChI is InChI=1S/C11H13NO4S/c1-2-3-6-17-10-5-4-8(11(13)14)7-9(10)12(15)16/h4-5,7H,2-3,6H2,1H3,(H,13,14). The molecule has 1 aromatic carbocycles. The fourth-order valence-electron chi connectivity index (χ4n) is 1.24. The molecule has 0 amide bonds. The van der Waals surface area contributed by atoms with E-state index in [-0.39, 0.29) is 11.3 Å². The van der Waals surface area contributed by atoms with Crippen molar-refractivity contribution in [2.75, 3.05) is 5.75 Å². The second-order valence-electron chi connectivity index (χ2n) is 3.45. The first kappa shape index (κ1) is 13.5. The van der Waals surface area contributed by atoms with E-state index in [0.717, 1.165) is 24.7 Å². The predicted octanol–water partition coefficient (Wildman–Crippen LogP) is 3.19. The minimum Gasteiger partial charge on any atom is -0.478 e. The van der Waals surface area contributed by atoms with E-state index in [1.165, 1.54) is 23.9 Å². The lowest BCUT2D eigenvalue weighted by Gasteiger charge is -2.03. The van der Waals surface area contributed by atoms with E-state index in [1.807, 2.05) is 6.92 Å². The number of thioether (sulfide) groups is 1. The molecule has 0 aliphatic heterocycles. The van der Waals surface area contributed by atoms with E-state index in [2.05, 4.69) is 0 Å². The summed E-state index contributed by atoms with van der Waals surface area (Å²) in [5.41, 5.74) is -0.192. The molecule has 92 valence electrons. The van der Waals surface area contributed by atoms with Gasteiger partial charge in [0.25, 0.3) is 5.69 Å². The van der Waals surface area contributed by atoms with Crippen LogP contribution in [0.25, 0.3) is 0 Å². The minimum absolute atomic E-state index is 0.0588. The fourth-order valence-corrected chi connectivity index (χ4v) is 2.34. The van der Waals surface area contributed by atoms with Gasteiger partial charge in [0.2, 0.25) is 0 Å². The highest BCUT2D eigenvalue weighted by molar-refractivity contribution is 7.99. The maximum absolute atomic E-state index is 10.8. The number of unbranched alkanes of at least 4 members (excludes halogenated alkanes) is 1. The van der Waals surface area contributed by atoms with Crippen LogP contribution in [0.4, 0.5) is 5.69 Å². The second-order valence-corrected chi connectivity index (χ2v) is 4.58. The number of hydrogen-bond acceptors (Lipinski definition) is 4. The smallest absolute Gasteiger partial charge is 0.335 e. The van der Waals surface area contributed by atoms with Crippen LogP contribution >= 0.6 is 11.8 Å². The van der Waals surface area contributed by atoms with Gasteiger partial charge in [0, 0.05) is 6.07 Å². The van der Waals surface area contributed by atoms with Crippen molar-refractivity contribution in [2.24, 2.45) is 0 Å². The molecule has 0 unspecified atom stereocenters. The molecular weight excluding hydrogens is 242 g/mol. The zero-order valence-electron chi connectivity index (χ0n) is 9.38. The van der Waals surface area contributed by atoms with Gasteiger partial charge in [-0.05, 0) is 24.3 Å². The third-order valence-electron chi connectivity index (χ3n) is 2.16. The monoisotopic (exact) mass is 255 g/mol. The molecule has 0 aliphatic carbocycles. The van der Waals surface area contributed by atoms with Crippen molar-refractivity contribution in [3.63, 3.8) is 0 Å². The molecule has 0 radical (unpaired) electrons. The van der Waals surface area contributed by atoms with Gasteiger partial charge in [0.15, 0.2) is 0 Å². The molecule has 0 bridgehead atoms. The van der Waals surface area contributed by atoms with Crippen molar-refractivity contribution in [1.82, 2.24) is 0 Å². The number of carboxylic acid groups (broad SMARTS) is 1. The Bertz CT molecular complexity index is 433. The van der Waals surface area contributed by atoms with E-state index in [4.69, 9.17) is 5.11 Å². The summed E-state index contributed by atoms with van der Waals surface area (Å²) in [7, 11) is 0. The normalized spacial score (nSPS) is 10.2. The van der Waals surface area contributed by atoms with Crippen LogP contribution in [-0.2, 0) is 0 Å². The minimum atomic E-state index is -1.15. The van der Waals surface area contributed by atoms with Crippen LogP contribution in [0.1, 0.15) is 30.1 Å². The topological polar surface area (TPSA) is 80.4 Å². The van der Waals surface area contributed by atoms with Gasteiger partial charge < -0.3 is 5.11 Å². The van der Waals surface area contributed by atoms with Gasteiger partial charge in [0.1, 0.15) is 0 Å². The van der Waals surface area contributed by atoms with Crippen molar-refractivity contribution in [3.05, 3.63) is 33.9 Å². The first-order valence-corrected chi connectivity index (χ1v) is 6.19. The Hall–Kier alpha value is -1.56. The maximum atomic E-state index is 10.8. The SMILES string of the molecule is CCCCSc1ccc(C(=O)O)cc1[N+](=O)[O-]. The molecule has 0 atom stereocenters. The number of nitro groups is 1. The summed E-state index contributed by atoms with van der Waals surface area (Å²) in [6, 6.07) is 4.00. The van der Waals surface area contributed by atoms with Gasteiger partial charge in [-0.1, -0.05) is 13.3 Å². The van der Waals surface area contributed by atoms with Crippen molar-refractivity contribution in [1.29, 1.82) is 0 Å². The van der Waals surface area contributed by atoms with Crippen molar-refractivity contribution < 1.29 is 14.8 Å². The quantitative estimate of drug-likeness (QED) is 0.365. The molecule has 17 heavy (non-hydrogen) atoms. The van der Waals surface area contributed by atoms with Gasteiger partial charge in [-0.15, -0.1) is 11.8 Å². The van der Waals surface area contributed by atoms with Gasteiger partial charge in [-0.2, -0.15) is 0 Å². The lowest BCUT2D eigenvalue weighted by atomic mass is 10.2. The highest BCUT2D eigenvalue weighted by atomic mass is 32.2. The van der Waals surface area contributed by atoms with E-state index in [0.29, 0.717) is 4.90 Å². The first-order valence-electron chi connectivity index (χ1n) is 5.20. The van der Waals surface area contributed by atoms with E-state index in [9.17, 15) is 14.9 Å². The van der Waals surface area contributed by atoms with Gasteiger partial charge >= 0.3 is 5.97 Å². The van der Waals surface area contributed by atoms with E-state index in [1.54, 1.807) is 0 Å². The summed E-state index contributed by atoms with van der Waals surface area (Å²) in [5, 5.41) is 19.6. The van der Waals surface area contributed by atoms with Crippen LogP contribution in [0, 0.1) is 10.1 Å². The molecule has 0 fully saturated rings. The summed E-state index contributed by atoms with van der Waals surface area (Å²) in [4.78, 5) is 21.5. The average molecular weight is 255 g/mol. The Morgan fingerprint density at radius 3 is 2.76 bits per heavy atom. The summed E-state index contributed by atoms with van der Waals surface area (Å²) >= 11 is 1.39. The summed E-state index contributed by atoms with van der Waals surface area (Å²) < 4.78 is 0. The molecule has 0 heterocycles. The molecule has 0 spiro atoms. The molecule has 1 rings (SSSR count). The van der Waals surface area contributed by atoms with Crippen LogP contribution in [0.2, 0.25) is 0 Å². The van der Waals surface area contributed by atoms with Crippen molar-refractivity contribution >= 4 is 23.4 Å². The van der Waals surface area contributed by atoms with E-state index < -0.39 is 10.9 Å². The van der Waals surface area contributed by atoms with Crippen LogP contribution in [0.3, 0.4) is 0 Å². The molecule has 5 nitrogen and oxygen atoms in total. The molecule has 6 heteroatoms. The second kappa shape index (κ2) is 6.24. The lowest BCUT2D eigenvalue weighted by molar-refractivity contribution is -0.387. The van der Waals surface area contributed by atoms with Crippen LogP contribution in [0.15, 0.2) is 23.1 Å². The third-order valence-corrected chi connectivity index (χ3v) is 3.31. The lowest BCUT2D eigenvalue weighted by Crippen LogP contribution is -1.99. The van der Waals surface area contributed by atoms with Crippen molar-refractivity contribution in [3.8, 4) is 0 Å². The average Bonchev–Trinajstić information content (AvgIpc) is 2.29. The third kappa shape index (κ3) is 3.74. The molecule has 0 aromatic heterocycles. The number of carboxylic acids is 1. The number of nitro benzene ring substituents is 1. The summed E-state index contributed by atoms with van der Waals surface area (Å²) in [5.74, 6) is -0.359. The van der Waals surface area contributed by atoms with E-state index >= 15 is 0 Å². The Morgan fingerprint density at radius 1 is 1.53 bits per heavy atom. The molecule has 0 saturated heterocycles. The van der Waals surface area contributed by atoms with Crippen molar-refractivity contribution in [2.45, 2.75) is 24.7 Å².